The highest BCUT2D eigenvalue weighted by Gasteiger charge is 2.28. The van der Waals surface area contributed by atoms with Gasteiger partial charge >= 0.3 is 0 Å². The largest absolute Gasteiger partial charge is 0.309 e. The number of H-pyrrole nitrogens is 1. The zero-order valence-electron chi connectivity index (χ0n) is 9.69. The molecule has 0 aliphatic heterocycles. The molecule has 1 aliphatic rings. The molecule has 1 N–H and O–H groups in total. The van der Waals surface area contributed by atoms with Gasteiger partial charge in [-0.15, -0.1) is 0 Å². The van der Waals surface area contributed by atoms with Gasteiger partial charge in [0.2, 0.25) is 0 Å². The molecule has 0 radical (unpaired) electrons. The van der Waals surface area contributed by atoms with Crippen LogP contribution in [0, 0.1) is 3.57 Å². The topological polar surface area (TPSA) is 58.6 Å². The van der Waals surface area contributed by atoms with E-state index in [-0.39, 0.29) is 5.56 Å². The number of nitrogens with zero attached hydrogens (tertiary/aromatic N) is 2. The minimum atomic E-state index is -0.0219. The van der Waals surface area contributed by atoms with Crippen molar-refractivity contribution in [3.05, 3.63) is 55.5 Å². The van der Waals surface area contributed by atoms with Crippen molar-refractivity contribution < 1.29 is 0 Å². The Hall–Kier alpha value is -1.24. The number of aromatic nitrogens is 3. The lowest BCUT2D eigenvalue weighted by Gasteiger charge is -2.05. The molecule has 1 saturated carbocycles. The highest BCUT2D eigenvalue weighted by molar-refractivity contribution is 14.1. The second-order valence-electron chi connectivity index (χ2n) is 4.52. The zero-order chi connectivity index (χ0) is 12.5. The molecule has 0 bridgehead atoms. The number of aromatic amines is 1. The molecule has 0 atom stereocenters. The zero-order valence-corrected chi connectivity index (χ0v) is 11.8. The van der Waals surface area contributed by atoms with E-state index in [4.69, 9.17) is 0 Å². The predicted molar refractivity (Wildman–Crippen MR) is 76.6 cm³/mol. The van der Waals surface area contributed by atoms with E-state index in [1.165, 1.54) is 0 Å². The van der Waals surface area contributed by atoms with Crippen LogP contribution in [-0.2, 0) is 6.42 Å². The molecule has 5 heteroatoms. The lowest BCUT2D eigenvalue weighted by atomic mass is 10.2. The van der Waals surface area contributed by atoms with E-state index in [0.717, 1.165) is 33.5 Å². The fraction of sp³-hybridized carbons (Fsp3) is 0.308. The van der Waals surface area contributed by atoms with Crippen LogP contribution in [0.4, 0.5) is 0 Å². The van der Waals surface area contributed by atoms with Crippen molar-refractivity contribution in [1.82, 2.24) is 15.0 Å². The van der Waals surface area contributed by atoms with Crippen LogP contribution in [-0.4, -0.2) is 15.0 Å². The molecule has 0 spiro atoms. The van der Waals surface area contributed by atoms with E-state index in [2.05, 4.69) is 37.5 Å². The first kappa shape index (κ1) is 11.8. The van der Waals surface area contributed by atoms with Crippen LogP contribution < -0.4 is 5.56 Å². The van der Waals surface area contributed by atoms with Gasteiger partial charge in [0.25, 0.3) is 5.56 Å². The lowest BCUT2D eigenvalue weighted by Crippen LogP contribution is -2.18. The second-order valence-corrected chi connectivity index (χ2v) is 5.60. The van der Waals surface area contributed by atoms with E-state index in [1.54, 1.807) is 12.4 Å². The van der Waals surface area contributed by atoms with E-state index in [0.29, 0.717) is 12.3 Å². The van der Waals surface area contributed by atoms with Crippen LogP contribution in [0.5, 0.6) is 0 Å². The van der Waals surface area contributed by atoms with Gasteiger partial charge in [-0.1, -0.05) is 6.07 Å². The van der Waals surface area contributed by atoms with E-state index in [1.807, 2.05) is 12.1 Å². The SMILES string of the molecule is O=c1[nH]c(Cc2cccnc2)nc(C2CC2)c1I. The van der Waals surface area contributed by atoms with Crippen molar-refractivity contribution in [3.8, 4) is 0 Å². The lowest BCUT2D eigenvalue weighted by molar-refractivity contribution is 0.867. The van der Waals surface area contributed by atoms with Crippen LogP contribution in [0.2, 0.25) is 0 Å². The summed E-state index contributed by atoms with van der Waals surface area (Å²) in [6.45, 7) is 0. The molecule has 3 rings (SSSR count). The fourth-order valence-electron chi connectivity index (χ4n) is 1.93. The van der Waals surface area contributed by atoms with Crippen molar-refractivity contribution in [2.45, 2.75) is 25.2 Å². The number of hydrogen-bond donors (Lipinski definition) is 1. The van der Waals surface area contributed by atoms with Crippen LogP contribution in [0.15, 0.2) is 29.3 Å². The van der Waals surface area contributed by atoms with Gasteiger partial charge in [0.1, 0.15) is 5.82 Å². The number of hydrogen-bond acceptors (Lipinski definition) is 3. The fourth-order valence-corrected chi connectivity index (χ4v) is 2.63. The summed E-state index contributed by atoms with van der Waals surface area (Å²) in [5.41, 5.74) is 2.01. The summed E-state index contributed by atoms with van der Waals surface area (Å²) in [4.78, 5) is 23.4. The van der Waals surface area contributed by atoms with Crippen LogP contribution in [0.1, 0.15) is 35.8 Å². The molecule has 2 heterocycles. The molecule has 2 aromatic rings. The smallest absolute Gasteiger partial charge is 0.264 e. The predicted octanol–water partition coefficient (Wildman–Crippen LogP) is 2.24. The Morgan fingerprint density at radius 1 is 1.44 bits per heavy atom. The van der Waals surface area contributed by atoms with Crippen LogP contribution in [0.3, 0.4) is 0 Å². The van der Waals surface area contributed by atoms with Gasteiger partial charge in [-0.25, -0.2) is 4.98 Å². The van der Waals surface area contributed by atoms with Crippen molar-refractivity contribution in [2.75, 3.05) is 0 Å². The number of halogens is 1. The summed E-state index contributed by atoms with van der Waals surface area (Å²) in [5.74, 6) is 1.22. The third-order valence-electron chi connectivity index (χ3n) is 3.00. The molecule has 1 fully saturated rings. The monoisotopic (exact) mass is 353 g/mol. The normalized spacial score (nSPS) is 14.7. The Morgan fingerprint density at radius 3 is 2.94 bits per heavy atom. The summed E-state index contributed by atoms with van der Waals surface area (Å²) >= 11 is 2.09. The first-order valence-corrected chi connectivity index (χ1v) is 6.99. The average molecular weight is 353 g/mol. The minimum absolute atomic E-state index is 0.0219. The molecule has 0 saturated heterocycles. The molecule has 0 unspecified atom stereocenters. The van der Waals surface area contributed by atoms with Crippen molar-refractivity contribution in [3.63, 3.8) is 0 Å². The van der Waals surface area contributed by atoms with Gasteiger partial charge in [-0.2, -0.15) is 0 Å². The number of nitrogens with one attached hydrogen (secondary N) is 1. The van der Waals surface area contributed by atoms with E-state index >= 15 is 0 Å². The quantitative estimate of drug-likeness (QED) is 0.861. The Bertz CT molecular complexity index is 620. The van der Waals surface area contributed by atoms with Gasteiger partial charge in [0.15, 0.2) is 0 Å². The summed E-state index contributed by atoms with van der Waals surface area (Å²) in [5, 5.41) is 0. The Balaban J connectivity index is 1.95. The number of rotatable bonds is 3. The van der Waals surface area contributed by atoms with Crippen LogP contribution in [0.25, 0.3) is 0 Å². The van der Waals surface area contributed by atoms with Gasteiger partial charge in [-0.05, 0) is 47.1 Å². The first-order chi connectivity index (χ1) is 8.74. The summed E-state index contributed by atoms with van der Waals surface area (Å²) in [7, 11) is 0. The average Bonchev–Trinajstić information content (AvgIpc) is 3.19. The number of pyridine rings is 1. The highest BCUT2D eigenvalue weighted by atomic mass is 127. The molecule has 4 nitrogen and oxygen atoms in total. The molecule has 92 valence electrons. The Kier molecular flexibility index (Phi) is 3.15. The van der Waals surface area contributed by atoms with Gasteiger partial charge < -0.3 is 4.98 Å². The van der Waals surface area contributed by atoms with Crippen molar-refractivity contribution in [1.29, 1.82) is 0 Å². The van der Waals surface area contributed by atoms with Crippen molar-refractivity contribution >= 4 is 22.6 Å². The van der Waals surface area contributed by atoms with E-state index < -0.39 is 0 Å². The maximum Gasteiger partial charge on any atom is 0.264 e. The van der Waals surface area contributed by atoms with Gasteiger partial charge in [0.05, 0.1) is 9.26 Å². The van der Waals surface area contributed by atoms with Gasteiger partial charge in [0, 0.05) is 24.7 Å². The van der Waals surface area contributed by atoms with Crippen LogP contribution >= 0.6 is 22.6 Å². The Morgan fingerprint density at radius 2 is 2.28 bits per heavy atom. The first-order valence-electron chi connectivity index (χ1n) is 5.91. The molecule has 18 heavy (non-hydrogen) atoms. The standard InChI is InChI=1S/C13H12IN3O/c14-11-12(9-3-4-9)16-10(17-13(11)18)6-8-2-1-5-15-7-8/h1-2,5,7,9H,3-4,6H2,(H,16,17,18). The molecule has 0 aromatic carbocycles. The Labute approximate surface area is 118 Å². The van der Waals surface area contributed by atoms with Gasteiger partial charge in [-0.3, -0.25) is 9.78 Å². The van der Waals surface area contributed by atoms with E-state index in [9.17, 15) is 4.79 Å². The highest BCUT2D eigenvalue weighted by Crippen LogP contribution is 2.40. The summed E-state index contributed by atoms with van der Waals surface area (Å²) in [6, 6.07) is 3.88. The summed E-state index contributed by atoms with van der Waals surface area (Å²) < 4.78 is 0.741. The molecule has 1 aliphatic carbocycles. The maximum absolute atomic E-state index is 11.9. The molecule has 0 amide bonds. The summed E-state index contributed by atoms with van der Waals surface area (Å²) in [6.07, 6.45) is 6.47. The third kappa shape index (κ3) is 2.45. The van der Waals surface area contributed by atoms with Crippen molar-refractivity contribution in [2.24, 2.45) is 0 Å². The molecular weight excluding hydrogens is 341 g/mol. The molecular formula is C13H12IN3O. The molecule has 2 aromatic heterocycles. The minimum Gasteiger partial charge on any atom is -0.309 e. The third-order valence-corrected chi connectivity index (χ3v) is 4.04. The second kappa shape index (κ2) is 4.79. The maximum atomic E-state index is 11.9.